The normalized spacial score (nSPS) is 18.1. The average Bonchev–Trinajstić information content (AvgIpc) is 3.28. The smallest absolute Gasteiger partial charge is 0.276 e. The van der Waals surface area contributed by atoms with E-state index in [0.717, 1.165) is 5.56 Å². The minimum Gasteiger partial charge on any atom is -0.321 e. The number of aromatic nitrogens is 2. The number of hydrogen-bond donors (Lipinski definition) is 1. The van der Waals surface area contributed by atoms with Gasteiger partial charge in [-0.15, -0.1) is 0 Å². The van der Waals surface area contributed by atoms with E-state index in [1.807, 2.05) is 30.3 Å². The molecule has 1 aliphatic rings. The fourth-order valence-corrected chi connectivity index (χ4v) is 5.00. The van der Waals surface area contributed by atoms with E-state index in [9.17, 15) is 17.6 Å². The number of hydrogen-bond acceptors (Lipinski definition) is 4. The van der Waals surface area contributed by atoms with Gasteiger partial charge in [0, 0.05) is 5.69 Å². The summed E-state index contributed by atoms with van der Waals surface area (Å²) in [6, 6.07) is 16.2. The van der Waals surface area contributed by atoms with Crippen LogP contribution in [0.5, 0.6) is 0 Å². The van der Waals surface area contributed by atoms with Crippen molar-refractivity contribution in [1.82, 2.24) is 9.78 Å². The van der Waals surface area contributed by atoms with Gasteiger partial charge in [-0.2, -0.15) is 5.10 Å². The summed E-state index contributed by atoms with van der Waals surface area (Å²) in [5.41, 5.74) is 2.16. The Bertz CT molecular complexity index is 1110. The predicted molar refractivity (Wildman–Crippen MR) is 104 cm³/mol. The van der Waals surface area contributed by atoms with Gasteiger partial charge in [0.1, 0.15) is 5.82 Å². The van der Waals surface area contributed by atoms with Crippen LogP contribution in [0, 0.1) is 5.82 Å². The molecule has 1 N–H and O–H groups in total. The molecule has 0 spiro atoms. The molecule has 4 rings (SSSR count). The van der Waals surface area contributed by atoms with Crippen molar-refractivity contribution in [3.05, 3.63) is 72.2 Å². The molecule has 1 saturated heterocycles. The van der Waals surface area contributed by atoms with Crippen LogP contribution in [0.4, 0.5) is 10.1 Å². The Labute approximate surface area is 161 Å². The van der Waals surface area contributed by atoms with Gasteiger partial charge < -0.3 is 5.32 Å². The topological polar surface area (TPSA) is 81.1 Å². The summed E-state index contributed by atoms with van der Waals surface area (Å²) in [6.07, 6.45) is 0.461. The Morgan fingerprint density at radius 1 is 1.11 bits per heavy atom. The maximum Gasteiger partial charge on any atom is 0.276 e. The minimum atomic E-state index is -3.10. The zero-order valence-corrected chi connectivity index (χ0v) is 15.7. The number of benzene rings is 2. The Morgan fingerprint density at radius 3 is 2.46 bits per heavy atom. The zero-order chi connectivity index (χ0) is 19.7. The van der Waals surface area contributed by atoms with Gasteiger partial charge in [0.15, 0.2) is 15.5 Å². The van der Waals surface area contributed by atoms with Gasteiger partial charge >= 0.3 is 0 Å². The van der Waals surface area contributed by atoms with Gasteiger partial charge in [-0.25, -0.2) is 12.8 Å². The standard InChI is InChI=1S/C20H18FN3O3S/c21-15-6-8-16(9-7-15)22-20(25)18-12-19(14-4-2-1-3-5-14)24(23-18)17-10-11-28(26,27)13-17/h1-9,12,17H,10-11,13H2,(H,22,25)/t17-/m0/s1. The first kappa shape index (κ1) is 18.4. The second kappa shape index (κ2) is 7.20. The first-order valence-electron chi connectivity index (χ1n) is 8.84. The largest absolute Gasteiger partial charge is 0.321 e. The molecule has 0 radical (unpaired) electrons. The molecule has 1 aromatic heterocycles. The molecule has 0 unspecified atom stereocenters. The number of nitrogens with one attached hydrogen (secondary N) is 1. The number of sulfone groups is 1. The first-order valence-corrected chi connectivity index (χ1v) is 10.7. The van der Waals surface area contributed by atoms with Crippen LogP contribution >= 0.6 is 0 Å². The van der Waals surface area contributed by atoms with Gasteiger partial charge in [0.05, 0.1) is 23.2 Å². The number of nitrogens with zero attached hydrogens (tertiary/aromatic N) is 2. The van der Waals surface area contributed by atoms with E-state index < -0.39 is 21.6 Å². The molecule has 0 aliphatic carbocycles. The van der Waals surface area contributed by atoms with Crippen LogP contribution in [0.25, 0.3) is 11.3 Å². The number of anilines is 1. The summed E-state index contributed by atoms with van der Waals surface area (Å²) >= 11 is 0. The van der Waals surface area contributed by atoms with Crippen molar-refractivity contribution in [2.45, 2.75) is 12.5 Å². The quantitative estimate of drug-likeness (QED) is 0.730. The summed E-state index contributed by atoms with van der Waals surface area (Å²) in [6.45, 7) is 0. The summed E-state index contributed by atoms with van der Waals surface area (Å²) in [7, 11) is -3.10. The number of carbonyl (C=O) groups excluding carboxylic acids is 1. The summed E-state index contributed by atoms with van der Waals surface area (Å²) in [4.78, 5) is 12.6. The van der Waals surface area contributed by atoms with Crippen LogP contribution < -0.4 is 5.32 Å². The number of amides is 1. The van der Waals surface area contributed by atoms with Crippen molar-refractivity contribution < 1.29 is 17.6 Å². The van der Waals surface area contributed by atoms with Crippen molar-refractivity contribution in [3.63, 3.8) is 0 Å². The molecule has 3 aromatic rings. The SMILES string of the molecule is O=C(Nc1ccc(F)cc1)c1cc(-c2ccccc2)n([C@H]2CCS(=O)(=O)C2)n1. The van der Waals surface area contributed by atoms with Crippen LogP contribution in [-0.4, -0.2) is 35.6 Å². The fourth-order valence-electron chi connectivity index (χ4n) is 3.30. The third-order valence-corrected chi connectivity index (χ3v) is 6.44. The van der Waals surface area contributed by atoms with Gasteiger partial charge in [-0.3, -0.25) is 9.48 Å². The molecule has 6 nitrogen and oxygen atoms in total. The van der Waals surface area contributed by atoms with E-state index in [1.54, 1.807) is 10.7 Å². The molecular weight excluding hydrogens is 381 g/mol. The average molecular weight is 399 g/mol. The van der Waals surface area contributed by atoms with Crippen molar-refractivity contribution in [2.24, 2.45) is 0 Å². The molecular formula is C20H18FN3O3S. The molecule has 0 saturated carbocycles. The molecule has 1 fully saturated rings. The van der Waals surface area contributed by atoms with E-state index in [4.69, 9.17) is 0 Å². The minimum absolute atomic E-state index is 0.00747. The third kappa shape index (κ3) is 3.82. The molecule has 1 amide bonds. The van der Waals surface area contributed by atoms with Crippen LogP contribution in [0.3, 0.4) is 0 Å². The van der Waals surface area contributed by atoms with E-state index in [2.05, 4.69) is 10.4 Å². The zero-order valence-electron chi connectivity index (χ0n) is 14.9. The molecule has 8 heteroatoms. The third-order valence-electron chi connectivity index (χ3n) is 4.69. The van der Waals surface area contributed by atoms with Gasteiger partial charge in [0.2, 0.25) is 0 Å². The molecule has 2 heterocycles. The van der Waals surface area contributed by atoms with Crippen molar-refractivity contribution in [2.75, 3.05) is 16.8 Å². The Balaban J connectivity index is 1.68. The summed E-state index contributed by atoms with van der Waals surface area (Å²) in [5, 5.41) is 7.10. The van der Waals surface area contributed by atoms with Crippen molar-refractivity contribution in [3.8, 4) is 11.3 Å². The Morgan fingerprint density at radius 2 is 1.82 bits per heavy atom. The maximum absolute atomic E-state index is 13.0. The van der Waals surface area contributed by atoms with E-state index in [1.165, 1.54) is 24.3 Å². The van der Waals surface area contributed by atoms with Crippen LogP contribution in [-0.2, 0) is 9.84 Å². The molecule has 2 aromatic carbocycles. The Hall–Kier alpha value is -3.00. The van der Waals surface area contributed by atoms with Crippen molar-refractivity contribution in [1.29, 1.82) is 0 Å². The first-order chi connectivity index (χ1) is 13.4. The highest BCUT2D eigenvalue weighted by Crippen LogP contribution is 2.30. The maximum atomic E-state index is 13.0. The lowest BCUT2D eigenvalue weighted by Crippen LogP contribution is -2.16. The van der Waals surface area contributed by atoms with E-state index in [-0.39, 0.29) is 23.2 Å². The van der Waals surface area contributed by atoms with Gasteiger partial charge in [-0.05, 0) is 42.3 Å². The lowest BCUT2D eigenvalue weighted by atomic mass is 10.1. The number of carbonyl (C=O) groups is 1. The van der Waals surface area contributed by atoms with Crippen LogP contribution in [0.1, 0.15) is 23.0 Å². The molecule has 1 aliphatic heterocycles. The summed E-state index contributed by atoms with van der Waals surface area (Å²) in [5.74, 6) is -0.712. The molecule has 1 atom stereocenters. The highest BCUT2D eigenvalue weighted by atomic mass is 32.2. The lowest BCUT2D eigenvalue weighted by molar-refractivity contribution is 0.102. The fraction of sp³-hybridized carbons (Fsp3) is 0.200. The molecule has 28 heavy (non-hydrogen) atoms. The van der Waals surface area contributed by atoms with Crippen LogP contribution in [0.2, 0.25) is 0 Å². The van der Waals surface area contributed by atoms with Gasteiger partial charge in [0.25, 0.3) is 5.91 Å². The predicted octanol–water partition coefficient (Wildman–Crippen LogP) is 3.30. The van der Waals surface area contributed by atoms with E-state index >= 15 is 0 Å². The van der Waals surface area contributed by atoms with E-state index in [0.29, 0.717) is 17.8 Å². The van der Waals surface area contributed by atoms with Gasteiger partial charge in [-0.1, -0.05) is 30.3 Å². The lowest BCUT2D eigenvalue weighted by Gasteiger charge is -2.13. The number of rotatable bonds is 4. The molecule has 0 bridgehead atoms. The second-order valence-electron chi connectivity index (χ2n) is 6.74. The highest BCUT2D eigenvalue weighted by Gasteiger charge is 2.32. The Kier molecular flexibility index (Phi) is 4.72. The molecule has 144 valence electrons. The second-order valence-corrected chi connectivity index (χ2v) is 8.97. The summed E-state index contributed by atoms with van der Waals surface area (Å²) < 4.78 is 38.5. The van der Waals surface area contributed by atoms with Crippen LogP contribution in [0.15, 0.2) is 60.7 Å². The highest BCUT2D eigenvalue weighted by molar-refractivity contribution is 7.91. The van der Waals surface area contributed by atoms with Crippen molar-refractivity contribution >= 4 is 21.4 Å². The monoisotopic (exact) mass is 399 g/mol. The number of halogens is 1.